The SMILES string of the molecule is NC(=Nc1ccc2c(c1)C(CC(=O)N1CCCC1)NCC2)c1ccccc1S. The molecule has 4 rings (SSSR count). The van der Waals surface area contributed by atoms with Crippen molar-refractivity contribution in [3.8, 4) is 0 Å². The van der Waals surface area contributed by atoms with Crippen LogP contribution in [0.5, 0.6) is 0 Å². The molecule has 0 aromatic heterocycles. The predicted octanol–water partition coefficient (Wildman–Crippen LogP) is 3.21. The van der Waals surface area contributed by atoms with Gasteiger partial charge < -0.3 is 16.0 Å². The Balaban J connectivity index is 1.58. The molecule has 0 radical (unpaired) electrons. The third-order valence-electron chi connectivity index (χ3n) is 5.56. The molecule has 1 amide bonds. The van der Waals surface area contributed by atoms with Gasteiger partial charge in [-0.05, 0) is 55.1 Å². The molecule has 1 saturated heterocycles. The van der Waals surface area contributed by atoms with E-state index in [1.807, 2.05) is 35.2 Å². The second-order valence-electron chi connectivity index (χ2n) is 7.45. The number of rotatable bonds is 4. The summed E-state index contributed by atoms with van der Waals surface area (Å²) in [5, 5.41) is 3.51. The standard InChI is InChI=1S/C22H26N4OS/c23-22(17-5-1-2-6-20(17)28)25-16-8-7-15-9-10-24-19(18(15)13-16)14-21(27)26-11-3-4-12-26/h1-2,5-8,13,19,24,28H,3-4,9-12,14H2,(H2,23,25). The van der Waals surface area contributed by atoms with Crippen LogP contribution >= 0.6 is 12.6 Å². The Hall–Kier alpha value is -2.31. The van der Waals surface area contributed by atoms with E-state index in [4.69, 9.17) is 5.73 Å². The zero-order valence-electron chi connectivity index (χ0n) is 15.9. The fourth-order valence-corrected chi connectivity index (χ4v) is 4.31. The Morgan fingerprint density at radius 3 is 2.79 bits per heavy atom. The molecule has 6 heteroatoms. The maximum atomic E-state index is 12.6. The molecule has 0 saturated carbocycles. The van der Waals surface area contributed by atoms with E-state index in [1.54, 1.807) is 0 Å². The van der Waals surface area contributed by atoms with Crippen LogP contribution in [0.4, 0.5) is 5.69 Å². The van der Waals surface area contributed by atoms with Crippen molar-refractivity contribution in [2.75, 3.05) is 19.6 Å². The van der Waals surface area contributed by atoms with E-state index in [9.17, 15) is 4.79 Å². The molecule has 146 valence electrons. The number of nitrogens with two attached hydrogens (primary N) is 1. The van der Waals surface area contributed by atoms with Crippen LogP contribution in [0.2, 0.25) is 0 Å². The van der Waals surface area contributed by atoms with Gasteiger partial charge in [-0.15, -0.1) is 12.6 Å². The van der Waals surface area contributed by atoms with Crippen molar-refractivity contribution in [1.82, 2.24) is 10.2 Å². The highest BCUT2D eigenvalue weighted by atomic mass is 32.1. The lowest BCUT2D eigenvalue weighted by Gasteiger charge is -2.28. The third-order valence-corrected chi connectivity index (χ3v) is 5.95. The first kappa shape index (κ1) is 19.0. The molecule has 28 heavy (non-hydrogen) atoms. The highest BCUT2D eigenvalue weighted by Gasteiger charge is 2.26. The Labute approximate surface area is 171 Å². The molecule has 2 aromatic rings. The summed E-state index contributed by atoms with van der Waals surface area (Å²) in [7, 11) is 0. The number of nitrogens with one attached hydrogen (secondary N) is 1. The van der Waals surface area contributed by atoms with Gasteiger partial charge >= 0.3 is 0 Å². The minimum absolute atomic E-state index is 0.0328. The maximum Gasteiger partial charge on any atom is 0.224 e. The molecule has 2 aromatic carbocycles. The van der Waals surface area contributed by atoms with Gasteiger partial charge in [-0.2, -0.15) is 0 Å². The van der Waals surface area contributed by atoms with E-state index >= 15 is 0 Å². The van der Waals surface area contributed by atoms with Crippen LogP contribution < -0.4 is 11.1 Å². The maximum absolute atomic E-state index is 12.6. The number of fused-ring (bicyclic) bond motifs is 1. The van der Waals surface area contributed by atoms with E-state index in [2.05, 4.69) is 35.1 Å². The largest absolute Gasteiger partial charge is 0.383 e. The van der Waals surface area contributed by atoms with Gasteiger partial charge in [-0.3, -0.25) is 4.79 Å². The number of amides is 1. The van der Waals surface area contributed by atoms with Crippen molar-refractivity contribution in [2.24, 2.45) is 10.7 Å². The second-order valence-corrected chi connectivity index (χ2v) is 7.93. The minimum atomic E-state index is 0.0328. The molecule has 0 aliphatic carbocycles. The van der Waals surface area contributed by atoms with Gasteiger partial charge in [0.1, 0.15) is 5.84 Å². The lowest BCUT2D eigenvalue weighted by molar-refractivity contribution is -0.130. The average molecular weight is 395 g/mol. The van der Waals surface area contributed by atoms with E-state index in [0.717, 1.165) is 60.6 Å². The number of amidine groups is 1. The molecule has 2 aliphatic heterocycles. The summed E-state index contributed by atoms with van der Waals surface area (Å²) < 4.78 is 0. The van der Waals surface area contributed by atoms with Gasteiger partial charge in [-0.1, -0.05) is 24.3 Å². The predicted molar refractivity (Wildman–Crippen MR) is 115 cm³/mol. The van der Waals surface area contributed by atoms with Crippen LogP contribution in [0.1, 0.15) is 42.0 Å². The number of carbonyl (C=O) groups is 1. The molecular formula is C22H26N4OS. The van der Waals surface area contributed by atoms with Gasteiger partial charge in [0, 0.05) is 36.0 Å². The molecule has 5 nitrogen and oxygen atoms in total. The number of nitrogens with zero attached hydrogens (tertiary/aromatic N) is 2. The second kappa shape index (κ2) is 8.37. The quantitative estimate of drug-likeness (QED) is 0.424. The highest BCUT2D eigenvalue weighted by Crippen LogP contribution is 2.30. The first-order chi connectivity index (χ1) is 13.6. The zero-order valence-corrected chi connectivity index (χ0v) is 16.8. The first-order valence-corrected chi connectivity index (χ1v) is 10.3. The molecule has 1 atom stereocenters. The number of hydrogen-bond acceptors (Lipinski definition) is 4. The summed E-state index contributed by atoms with van der Waals surface area (Å²) in [6, 6.07) is 13.9. The summed E-state index contributed by atoms with van der Waals surface area (Å²) >= 11 is 4.46. The summed E-state index contributed by atoms with van der Waals surface area (Å²) in [6.45, 7) is 2.67. The normalized spacial score (nSPS) is 19.5. The Kier molecular flexibility index (Phi) is 5.69. The van der Waals surface area contributed by atoms with E-state index in [0.29, 0.717) is 12.3 Å². The van der Waals surface area contributed by atoms with Crippen LogP contribution in [0.15, 0.2) is 52.4 Å². The third kappa shape index (κ3) is 4.08. The molecule has 2 aliphatic rings. The summed E-state index contributed by atoms with van der Waals surface area (Å²) in [4.78, 5) is 20.0. The molecule has 2 heterocycles. The van der Waals surface area contributed by atoms with Gasteiger partial charge in [0.2, 0.25) is 5.91 Å². The lowest BCUT2D eigenvalue weighted by Crippen LogP contribution is -2.36. The number of carbonyl (C=O) groups excluding carboxylic acids is 1. The van der Waals surface area contributed by atoms with Crippen molar-refractivity contribution in [3.63, 3.8) is 0 Å². The number of likely N-dealkylation sites (tertiary alicyclic amines) is 1. The minimum Gasteiger partial charge on any atom is -0.383 e. The monoisotopic (exact) mass is 394 g/mol. The summed E-state index contributed by atoms with van der Waals surface area (Å²) in [5.41, 5.74) is 10.3. The number of benzene rings is 2. The van der Waals surface area contributed by atoms with Crippen LogP contribution in [-0.2, 0) is 11.2 Å². The topological polar surface area (TPSA) is 70.7 Å². The lowest BCUT2D eigenvalue weighted by atomic mass is 9.91. The molecular weight excluding hydrogens is 368 g/mol. The molecule has 0 spiro atoms. The Morgan fingerprint density at radius 2 is 2.00 bits per heavy atom. The molecule has 0 bridgehead atoms. The fraction of sp³-hybridized carbons (Fsp3) is 0.364. The van der Waals surface area contributed by atoms with Crippen molar-refractivity contribution in [2.45, 2.75) is 36.6 Å². The van der Waals surface area contributed by atoms with Crippen LogP contribution in [0.3, 0.4) is 0 Å². The Morgan fingerprint density at radius 1 is 1.21 bits per heavy atom. The van der Waals surface area contributed by atoms with Gasteiger partial charge in [0.05, 0.1) is 5.69 Å². The summed E-state index contributed by atoms with van der Waals surface area (Å²) in [5.74, 6) is 0.680. The number of hydrogen-bond donors (Lipinski definition) is 3. The van der Waals surface area contributed by atoms with Crippen LogP contribution in [0.25, 0.3) is 0 Å². The number of thiol groups is 1. The van der Waals surface area contributed by atoms with E-state index in [1.165, 1.54) is 5.56 Å². The molecule has 1 fully saturated rings. The fourth-order valence-electron chi connectivity index (χ4n) is 4.04. The average Bonchev–Trinajstić information content (AvgIpc) is 3.24. The van der Waals surface area contributed by atoms with Gasteiger partial charge in [0.15, 0.2) is 0 Å². The van der Waals surface area contributed by atoms with Gasteiger partial charge in [0.25, 0.3) is 0 Å². The smallest absolute Gasteiger partial charge is 0.224 e. The number of aliphatic imine (C=N–C) groups is 1. The highest BCUT2D eigenvalue weighted by molar-refractivity contribution is 7.80. The van der Waals surface area contributed by atoms with Crippen molar-refractivity contribution in [1.29, 1.82) is 0 Å². The van der Waals surface area contributed by atoms with Crippen molar-refractivity contribution in [3.05, 3.63) is 59.2 Å². The van der Waals surface area contributed by atoms with Crippen LogP contribution in [0, 0.1) is 0 Å². The Bertz CT molecular complexity index is 905. The summed E-state index contributed by atoms with van der Waals surface area (Å²) in [6.07, 6.45) is 3.69. The van der Waals surface area contributed by atoms with Crippen LogP contribution in [-0.4, -0.2) is 36.3 Å². The molecule has 3 N–H and O–H groups in total. The van der Waals surface area contributed by atoms with E-state index in [-0.39, 0.29) is 11.9 Å². The molecule has 1 unspecified atom stereocenters. The first-order valence-electron chi connectivity index (χ1n) is 9.88. The van der Waals surface area contributed by atoms with Crippen molar-refractivity contribution >= 4 is 30.1 Å². The van der Waals surface area contributed by atoms with E-state index < -0.39 is 0 Å². The van der Waals surface area contributed by atoms with Crippen molar-refractivity contribution < 1.29 is 4.79 Å². The van der Waals surface area contributed by atoms with Gasteiger partial charge in [-0.25, -0.2) is 4.99 Å². The zero-order chi connectivity index (χ0) is 19.5.